The Morgan fingerprint density at radius 3 is 2.38 bits per heavy atom. The van der Waals surface area contributed by atoms with Crippen LogP contribution < -0.4 is 0 Å². The molecule has 11 rings (SSSR count). The summed E-state index contributed by atoms with van der Waals surface area (Å²) in [7, 11) is 0. The van der Waals surface area contributed by atoms with Gasteiger partial charge in [-0.15, -0.1) is 0 Å². The zero-order valence-electron chi connectivity index (χ0n) is 27.7. The van der Waals surface area contributed by atoms with Gasteiger partial charge in [-0.2, -0.15) is 9.97 Å². The van der Waals surface area contributed by atoms with Gasteiger partial charge in [0.25, 0.3) is 0 Å². The first kappa shape index (κ1) is 28.0. The van der Waals surface area contributed by atoms with E-state index in [1.54, 1.807) is 5.57 Å². The molecule has 2 atom stereocenters. The summed E-state index contributed by atoms with van der Waals surface area (Å²) in [4.78, 5) is 15.5. The van der Waals surface area contributed by atoms with Gasteiger partial charge in [0, 0.05) is 22.3 Å². The molecule has 6 aromatic rings. The first-order valence-electron chi connectivity index (χ1n) is 17.9. The first-order chi connectivity index (χ1) is 24.8. The van der Waals surface area contributed by atoms with Crippen molar-refractivity contribution in [1.29, 1.82) is 0 Å². The van der Waals surface area contributed by atoms with Crippen LogP contribution in [0.25, 0.3) is 55.8 Å². The molecule has 4 aromatic carbocycles. The monoisotopic (exact) mass is 642 g/mol. The quantitative estimate of drug-likeness (QED) is 0.193. The number of para-hydroxylation sites is 1. The molecular weight excluding hydrogens is 609 g/mol. The topological polar surface area (TPSA) is 43.6 Å². The van der Waals surface area contributed by atoms with Crippen LogP contribution in [0, 0.1) is 5.92 Å². The minimum absolute atomic E-state index is 0.285. The standard InChI is InChI=1S/C46H34N4/c1-3-15-29(16-4-1)43-47-44(30-17-5-2-6-18-30)49-45(48-43)50-41-26-14-10-22-34(41)36-27-40-35(28-42(36)50)33-21-9-13-25-39(33)46(40)37-23-11-7-19-31(37)32-20-8-12-24-38(32)46/h1-5,7,9-17,21-28,31H,6,8,18-20H2. The molecule has 0 saturated carbocycles. The molecular formula is C46H34N4. The summed E-state index contributed by atoms with van der Waals surface area (Å²) in [5.74, 6) is 2.54. The molecule has 0 N–H and O–H groups in total. The minimum atomic E-state index is -0.285. The van der Waals surface area contributed by atoms with Crippen LogP contribution in [0.4, 0.5) is 0 Å². The van der Waals surface area contributed by atoms with Crippen LogP contribution in [-0.2, 0) is 5.41 Å². The van der Waals surface area contributed by atoms with E-state index in [4.69, 9.17) is 15.0 Å². The maximum absolute atomic E-state index is 5.25. The third kappa shape index (κ3) is 3.74. The summed E-state index contributed by atoms with van der Waals surface area (Å²) in [6.45, 7) is 0. The molecule has 2 unspecified atom stereocenters. The van der Waals surface area contributed by atoms with Crippen molar-refractivity contribution in [3.8, 4) is 28.5 Å². The highest BCUT2D eigenvalue weighted by atomic mass is 15.2. The zero-order chi connectivity index (χ0) is 32.8. The lowest BCUT2D eigenvalue weighted by Crippen LogP contribution is -2.28. The number of aromatic nitrogens is 4. The Hall–Kier alpha value is -5.87. The van der Waals surface area contributed by atoms with E-state index in [0.717, 1.165) is 60.1 Å². The van der Waals surface area contributed by atoms with Crippen molar-refractivity contribution >= 4 is 27.4 Å². The third-order valence-corrected chi connectivity index (χ3v) is 11.6. The Morgan fingerprint density at radius 1 is 0.640 bits per heavy atom. The Kier molecular flexibility index (Phi) is 5.92. The van der Waals surface area contributed by atoms with Gasteiger partial charge in [0.2, 0.25) is 5.95 Å². The van der Waals surface area contributed by atoms with Crippen LogP contribution in [0.2, 0.25) is 0 Å². The van der Waals surface area contributed by atoms with Crippen molar-refractivity contribution in [1.82, 2.24) is 19.5 Å². The predicted molar refractivity (Wildman–Crippen MR) is 203 cm³/mol. The second-order valence-corrected chi connectivity index (χ2v) is 14.1. The number of nitrogens with zero attached hydrogens (tertiary/aromatic N) is 4. The van der Waals surface area contributed by atoms with E-state index in [-0.39, 0.29) is 5.41 Å². The van der Waals surface area contributed by atoms with Gasteiger partial charge >= 0.3 is 0 Å². The van der Waals surface area contributed by atoms with Gasteiger partial charge in [0.1, 0.15) is 0 Å². The van der Waals surface area contributed by atoms with E-state index >= 15 is 0 Å². The second-order valence-electron chi connectivity index (χ2n) is 14.1. The van der Waals surface area contributed by atoms with Crippen molar-refractivity contribution < 1.29 is 0 Å². The Bertz CT molecular complexity index is 2630. The number of hydrogen-bond acceptors (Lipinski definition) is 3. The van der Waals surface area contributed by atoms with Crippen LogP contribution in [0.15, 0.2) is 156 Å². The van der Waals surface area contributed by atoms with Crippen molar-refractivity contribution in [2.75, 3.05) is 0 Å². The molecule has 0 radical (unpaired) electrons. The molecule has 238 valence electrons. The molecule has 2 heterocycles. The average Bonchev–Trinajstić information content (AvgIpc) is 3.79. The lowest BCUT2D eigenvalue weighted by atomic mass is 9.67. The van der Waals surface area contributed by atoms with Crippen LogP contribution in [0.1, 0.15) is 49.1 Å². The molecule has 4 heteroatoms. The highest BCUT2D eigenvalue weighted by Crippen LogP contribution is 2.66. The fourth-order valence-electron chi connectivity index (χ4n) is 9.58. The Morgan fingerprint density at radius 2 is 1.46 bits per heavy atom. The van der Waals surface area contributed by atoms with Crippen molar-refractivity contribution in [3.05, 3.63) is 173 Å². The maximum atomic E-state index is 5.25. The van der Waals surface area contributed by atoms with Crippen molar-refractivity contribution in [2.45, 2.75) is 37.5 Å². The van der Waals surface area contributed by atoms with E-state index in [9.17, 15) is 0 Å². The summed E-state index contributed by atoms with van der Waals surface area (Å²) in [5, 5.41) is 2.44. The Balaban J connectivity index is 1.23. The average molecular weight is 643 g/mol. The van der Waals surface area contributed by atoms with E-state index in [1.807, 2.05) is 18.2 Å². The van der Waals surface area contributed by atoms with Gasteiger partial charge < -0.3 is 0 Å². The van der Waals surface area contributed by atoms with Gasteiger partial charge in [-0.3, -0.25) is 4.57 Å². The molecule has 0 bridgehead atoms. The summed E-state index contributed by atoms with van der Waals surface area (Å²) in [6.07, 6.45) is 23.7. The van der Waals surface area contributed by atoms with E-state index in [1.165, 1.54) is 44.2 Å². The van der Waals surface area contributed by atoms with Gasteiger partial charge in [-0.05, 0) is 89.3 Å². The van der Waals surface area contributed by atoms with Gasteiger partial charge in [0.15, 0.2) is 11.6 Å². The SMILES string of the molecule is C1=CCCC(c2nc(-c3ccccc3)nc(-n3c4ccccc4c4cc5c(cc43)-c3ccccc3C53C4=CC=CCC4C4=C3C=CCC4)n2)=C1. The molecule has 0 saturated heterocycles. The molecule has 5 aliphatic carbocycles. The predicted octanol–water partition coefficient (Wildman–Crippen LogP) is 10.8. The summed E-state index contributed by atoms with van der Waals surface area (Å²) in [5.41, 5.74) is 14.2. The number of fused-ring (bicyclic) bond motifs is 12. The van der Waals surface area contributed by atoms with Gasteiger partial charge in [-0.25, -0.2) is 4.98 Å². The smallest absolute Gasteiger partial charge is 0.238 e. The fraction of sp³-hybridized carbons (Fsp3) is 0.152. The molecule has 0 amide bonds. The molecule has 1 spiro atoms. The number of allylic oxidation sites excluding steroid dienone is 12. The molecule has 0 fully saturated rings. The fourth-order valence-corrected chi connectivity index (χ4v) is 9.58. The number of benzene rings is 4. The summed E-state index contributed by atoms with van der Waals surface area (Å²) in [6, 6.07) is 33.2. The highest BCUT2D eigenvalue weighted by molar-refractivity contribution is 6.11. The van der Waals surface area contributed by atoms with E-state index in [0.29, 0.717) is 17.7 Å². The zero-order valence-corrected chi connectivity index (χ0v) is 27.7. The molecule has 50 heavy (non-hydrogen) atoms. The van der Waals surface area contributed by atoms with Gasteiger partial charge in [-0.1, -0.05) is 127 Å². The van der Waals surface area contributed by atoms with Crippen LogP contribution >= 0.6 is 0 Å². The van der Waals surface area contributed by atoms with Crippen LogP contribution in [-0.4, -0.2) is 19.5 Å². The highest BCUT2D eigenvalue weighted by Gasteiger charge is 2.55. The van der Waals surface area contributed by atoms with Crippen LogP contribution in [0.3, 0.4) is 0 Å². The molecule has 2 aromatic heterocycles. The normalized spacial score (nSPS) is 21.4. The third-order valence-electron chi connectivity index (χ3n) is 11.6. The second kappa shape index (κ2) is 10.6. The Labute approximate surface area is 291 Å². The lowest BCUT2D eigenvalue weighted by Gasteiger charge is -2.34. The molecule has 4 nitrogen and oxygen atoms in total. The number of rotatable bonds is 3. The molecule has 0 aliphatic heterocycles. The van der Waals surface area contributed by atoms with Crippen LogP contribution in [0.5, 0.6) is 0 Å². The van der Waals surface area contributed by atoms with E-state index in [2.05, 4.69) is 126 Å². The summed E-state index contributed by atoms with van der Waals surface area (Å²) >= 11 is 0. The first-order valence-corrected chi connectivity index (χ1v) is 17.9. The van der Waals surface area contributed by atoms with Crippen molar-refractivity contribution in [3.63, 3.8) is 0 Å². The molecule has 5 aliphatic rings. The largest absolute Gasteiger partial charge is 0.278 e. The summed E-state index contributed by atoms with van der Waals surface area (Å²) < 4.78 is 2.28. The van der Waals surface area contributed by atoms with Crippen molar-refractivity contribution in [2.24, 2.45) is 5.92 Å². The minimum Gasteiger partial charge on any atom is -0.278 e. The van der Waals surface area contributed by atoms with Gasteiger partial charge in [0.05, 0.1) is 16.4 Å². The lowest BCUT2D eigenvalue weighted by molar-refractivity contribution is 0.648. The van der Waals surface area contributed by atoms with E-state index < -0.39 is 0 Å². The maximum Gasteiger partial charge on any atom is 0.238 e. The number of hydrogen-bond donors (Lipinski definition) is 0.